The first kappa shape index (κ1) is 33.0. The third-order valence-electron chi connectivity index (χ3n) is 8.51. The van der Waals surface area contributed by atoms with Crippen molar-refractivity contribution >= 4 is 39.8 Å². The number of carbonyl (C=O) groups excluding carboxylic acids is 3. The minimum absolute atomic E-state index is 0.0157. The van der Waals surface area contributed by atoms with Crippen LogP contribution in [0.15, 0.2) is 60.7 Å². The normalized spacial score (nSPS) is 15.9. The molecule has 1 saturated heterocycles. The molecule has 1 aliphatic heterocycles. The number of rotatable bonds is 10. The molecule has 0 radical (unpaired) electrons. The Morgan fingerprint density at radius 1 is 1.04 bits per heavy atom. The zero-order valence-electron chi connectivity index (χ0n) is 27.7. The van der Waals surface area contributed by atoms with E-state index in [1.807, 2.05) is 49.9 Å². The molecular weight excluding hydrogens is 580 g/mol. The molecule has 2 atom stereocenters. The molecule has 2 heterocycles. The highest BCUT2D eigenvalue weighted by Crippen LogP contribution is 2.32. The lowest BCUT2D eigenvalue weighted by Crippen LogP contribution is -2.46. The highest BCUT2D eigenvalue weighted by molar-refractivity contribution is 6.02. The Hall–Kier alpha value is -4.40. The summed E-state index contributed by atoms with van der Waals surface area (Å²) in [5, 5.41) is 5.24. The Morgan fingerprint density at radius 3 is 2.57 bits per heavy atom. The van der Waals surface area contributed by atoms with Gasteiger partial charge in [-0.05, 0) is 74.9 Å². The highest BCUT2D eigenvalue weighted by atomic mass is 16.6. The van der Waals surface area contributed by atoms with Crippen molar-refractivity contribution in [3.63, 3.8) is 0 Å². The summed E-state index contributed by atoms with van der Waals surface area (Å²) in [6.45, 7) is 9.52. The number of nitrogens with one attached hydrogen (secondary N) is 1. The summed E-state index contributed by atoms with van der Waals surface area (Å²) in [6.07, 6.45) is 3.78. The topological polar surface area (TPSA) is 103 Å². The zero-order chi connectivity index (χ0) is 32.8. The average Bonchev–Trinajstić information content (AvgIpc) is 3.41. The Balaban J connectivity index is 1.37. The van der Waals surface area contributed by atoms with Crippen LogP contribution >= 0.6 is 0 Å². The van der Waals surface area contributed by atoms with Crippen LogP contribution in [-0.2, 0) is 27.2 Å². The van der Waals surface area contributed by atoms with Gasteiger partial charge in [-0.1, -0.05) is 61.9 Å². The van der Waals surface area contributed by atoms with Gasteiger partial charge in [0.2, 0.25) is 5.91 Å². The number of methoxy groups -OCH3 is 1. The molecule has 1 unspecified atom stereocenters. The third-order valence-corrected chi connectivity index (χ3v) is 8.51. The predicted molar refractivity (Wildman–Crippen MR) is 180 cm³/mol. The van der Waals surface area contributed by atoms with E-state index in [1.165, 1.54) is 7.11 Å². The molecule has 9 heteroatoms. The second kappa shape index (κ2) is 14.4. The van der Waals surface area contributed by atoms with Gasteiger partial charge >= 0.3 is 12.1 Å². The Morgan fingerprint density at radius 2 is 1.83 bits per heavy atom. The number of imidazole rings is 1. The number of hydrogen-bond acceptors (Lipinski definition) is 6. The lowest BCUT2D eigenvalue weighted by Gasteiger charge is -2.34. The molecule has 4 aromatic rings. The van der Waals surface area contributed by atoms with Crippen LogP contribution < -0.4 is 5.32 Å². The number of amides is 2. The maximum Gasteiger partial charge on any atom is 0.407 e. The summed E-state index contributed by atoms with van der Waals surface area (Å²) in [7, 11) is 1.39. The van der Waals surface area contributed by atoms with Crippen molar-refractivity contribution in [3.05, 3.63) is 77.6 Å². The number of para-hydroxylation sites is 1. The van der Waals surface area contributed by atoms with Crippen LogP contribution in [-0.4, -0.2) is 64.3 Å². The number of aryl methyl sites for hydroxylation is 1. The Bertz CT molecular complexity index is 1710. The van der Waals surface area contributed by atoms with Crippen LogP contribution in [0.5, 0.6) is 0 Å². The van der Waals surface area contributed by atoms with Gasteiger partial charge in [-0.3, -0.25) is 4.79 Å². The van der Waals surface area contributed by atoms with E-state index in [1.54, 1.807) is 6.07 Å². The Kier molecular flexibility index (Phi) is 10.3. The number of fused-ring (bicyclic) bond motifs is 2. The summed E-state index contributed by atoms with van der Waals surface area (Å²) in [5.74, 6) is 0.519. The van der Waals surface area contributed by atoms with Crippen molar-refractivity contribution in [2.24, 2.45) is 0 Å². The predicted octanol–water partition coefficient (Wildman–Crippen LogP) is 7.01. The second-order valence-corrected chi connectivity index (χ2v) is 13.3. The average molecular weight is 627 g/mol. The van der Waals surface area contributed by atoms with Crippen molar-refractivity contribution in [2.75, 3.05) is 20.2 Å². The number of alkyl carbamates (subject to hydrolysis) is 1. The number of benzene rings is 3. The number of carbonyl (C=O) groups is 3. The minimum atomic E-state index is -0.654. The molecule has 244 valence electrons. The number of hydrogen-bond donors (Lipinski definition) is 1. The monoisotopic (exact) mass is 626 g/mol. The first-order chi connectivity index (χ1) is 22.1. The van der Waals surface area contributed by atoms with Crippen LogP contribution in [0.4, 0.5) is 4.79 Å². The number of nitrogens with zero attached hydrogens (tertiary/aromatic N) is 3. The minimum Gasteiger partial charge on any atom is -0.465 e. The highest BCUT2D eigenvalue weighted by Gasteiger charge is 2.31. The first-order valence-corrected chi connectivity index (χ1v) is 16.4. The maximum absolute atomic E-state index is 13.9. The summed E-state index contributed by atoms with van der Waals surface area (Å²) in [6, 6.07) is 19.5. The molecule has 0 spiro atoms. The van der Waals surface area contributed by atoms with E-state index in [2.05, 4.69) is 47.1 Å². The second-order valence-electron chi connectivity index (χ2n) is 13.3. The number of esters is 1. The largest absolute Gasteiger partial charge is 0.465 e. The van der Waals surface area contributed by atoms with Gasteiger partial charge in [0, 0.05) is 38.0 Å². The molecule has 1 N–H and O–H groups in total. The summed E-state index contributed by atoms with van der Waals surface area (Å²) in [4.78, 5) is 46.4. The molecule has 1 aromatic heterocycles. The molecule has 3 aromatic carbocycles. The van der Waals surface area contributed by atoms with Crippen LogP contribution in [0.25, 0.3) is 21.8 Å². The standard InChI is InChI=1S/C37H46N4O5/c1-6-7-20-41-33-30(35(43)45-5)15-10-16-31(33)39-34(41)28-14-11-19-40(24-28)32(42)23-29(38-36(44)46-37(2,3)4)22-25-17-18-26-12-8-9-13-27(26)21-25/h8-10,12-13,15-18,21,28-29H,6-7,11,14,19-20,22-24H2,1-5H3,(H,38,44)/t28?,29-/m1/s1. The summed E-state index contributed by atoms with van der Waals surface area (Å²) >= 11 is 0. The molecule has 1 aliphatic rings. The fourth-order valence-electron chi connectivity index (χ4n) is 6.39. The molecule has 9 nitrogen and oxygen atoms in total. The molecule has 0 aliphatic carbocycles. The lowest BCUT2D eigenvalue weighted by molar-refractivity contribution is -0.133. The molecule has 1 fully saturated rings. The van der Waals surface area contributed by atoms with Crippen molar-refractivity contribution in [1.82, 2.24) is 19.8 Å². The number of likely N-dealkylation sites (tertiary alicyclic amines) is 1. The first-order valence-electron chi connectivity index (χ1n) is 16.4. The summed E-state index contributed by atoms with van der Waals surface area (Å²) in [5.41, 5.74) is 2.43. The summed E-state index contributed by atoms with van der Waals surface area (Å²) < 4.78 is 12.8. The van der Waals surface area contributed by atoms with E-state index in [4.69, 9.17) is 14.5 Å². The number of piperidine rings is 1. The van der Waals surface area contributed by atoms with E-state index >= 15 is 0 Å². The van der Waals surface area contributed by atoms with Gasteiger partial charge in [-0.15, -0.1) is 0 Å². The van der Waals surface area contributed by atoms with Gasteiger partial charge in [-0.2, -0.15) is 0 Å². The van der Waals surface area contributed by atoms with Crippen LogP contribution in [0, 0.1) is 0 Å². The Labute approximate surface area is 271 Å². The maximum atomic E-state index is 13.9. The van der Waals surface area contributed by atoms with Crippen molar-refractivity contribution in [1.29, 1.82) is 0 Å². The molecular formula is C37H46N4O5. The zero-order valence-corrected chi connectivity index (χ0v) is 27.7. The van der Waals surface area contributed by atoms with E-state index in [0.717, 1.165) is 65.4 Å². The van der Waals surface area contributed by atoms with Crippen molar-refractivity contribution in [3.8, 4) is 0 Å². The van der Waals surface area contributed by atoms with E-state index < -0.39 is 17.7 Å². The molecule has 0 bridgehead atoms. The molecule has 2 amide bonds. The van der Waals surface area contributed by atoms with E-state index in [-0.39, 0.29) is 24.2 Å². The van der Waals surface area contributed by atoms with Gasteiger partial charge in [-0.25, -0.2) is 14.6 Å². The molecule has 0 saturated carbocycles. The fraction of sp³-hybridized carbons (Fsp3) is 0.459. The lowest BCUT2D eigenvalue weighted by atomic mass is 9.95. The number of unbranched alkanes of at least 4 members (excludes halogenated alkanes) is 1. The quantitative estimate of drug-likeness (QED) is 0.190. The van der Waals surface area contributed by atoms with Crippen LogP contribution in [0.3, 0.4) is 0 Å². The van der Waals surface area contributed by atoms with Crippen molar-refractivity contribution in [2.45, 2.75) is 90.3 Å². The third kappa shape index (κ3) is 7.87. The van der Waals surface area contributed by atoms with Gasteiger partial charge < -0.3 is 24.3 Å². The van der Waals surface area contributed by atoms with Crippen LogP contribution in [0.1, 0.15) is 87.5 Å². The molecule has 5 rings (SSSR count). The van der Waals surface area contributed by atoms with Crippen molar-refractivity contribution < 1.29 is 23.9 Å². The number of ether oxygens (including phenoxy) is 2. The van der Waals surface area contributed by atoms with Gasteiger partial charge in [0.05, 0.1) is 23.7 Å². The van der Waals surface area contributed by atoms with E-state index in [9.17, 15) is 14.4 Å². The van der Waals surface area contributed by atoms with E-state index in [0.29, 0.717) is 25.1 Å². The van der Waals surface area contributed by atoms with Gasteiger partial charge in [0.25, 0.3) is 0 Å². The van der Waals surface area contributed by atoms with Crippen LogP contribution in [0.2, 0.25) is 0 Å². The van der Waals surface area contributed by atoms with Gasteiger partial charge in [0.1, 0.15) is 11.4 Å². The SMILES string of the molecule is CCCCn1c(C2CCCN(C(=O)C[C@@H](Cc3ccc4ccccc4c3)NC(=O)OC(C)(C)C)C2)nc2cccc(C(=O)OC)c21. The molecule has 46 heavy (non-hydrogen) atoms. The fourth-order valence-corrected chi connectivity index (χ4v) is 6.39. The smallest absolute Gasteiger partial charge is 0.407 e. The van der Waals surface area contributed by atoms with Gasteiger partial charge in [0.15, 0.2) is 0 Å². The number of aromatic nitrogens is 2.